The monoisotopic (exact) mass is 461 g/mol. The third kappa shape index (κ3) is 6.50. The Balaban J connectivity index is 1.56. The standard InChI is InChI=1S/C17H19BrF3N5O2/c18-26(6-5-25-7-9-27-10-8-25)16-11-15(22-12-23-16)24-13-1-3-14(4-2-13)28-17(19,20)21/h1-4,11-12H,5-10H2,(H,22,23,24). The van der Waals surface area contributed by atoms with Gasteiger partial charge in [-0.25, -0.2) is 9.97 Å². The average molecular weight is 462 g/mol. The van der Waals surface area contributed by atoms with Crippen molar-refractivity contribution in [3.05, 3.63) is 36.7 Å². The van der Waals surface area contributed by atoms with Crippen LogP contribution in [0.2, 0.25) is 0 Å². The van der Waals surface area contributed by atoms with Gasteiger partial charge >= 0.3 is 6.36 Å². The van der Waals surface area contributed by atoms with Crippen LogP contribution in [0.1, 0.15) is 0 Å². The van der Waals surface area contributed by atoms with E-state index in [9.17, 15) is 13.2 Å². The number of hydrogen-bond acceptors (Lipinski definition) is 7. The number of aromatic nitrogens is 2. The SMILES string of the molecule is FC(F)(F)Oc1ccc(Nc2cc(N(Br)CCN3CCOCC3)ncn2)cc1. The van der Waals surface area contributed by atoms with Gasteiger partial charge in [0, 0.05) is 37.9 Å². The summed E-state index contributed by atoms with van der Waals surface area (Å²) in [4.78, 5) is 10.7. The minimum Gasteiger partial charge on any atom is -0.406 e. The van der Waals surface area contributed by atoms with Gasteiger partial charge in [0.05, 0.1) is 29.4 Å². The van der Waals surface area contributed by atoms with Gasteiger partial charge in [-0.3, -0.25) is 8.83 Å². The third-order valence-electron chi connectivity index (χ3n) is 3.98. The summed E-state index contributed by atoms with van der Waals surface area (Å²) >= 11 is 3.50. The summed E-state index contributed by atoms with van der Waals surface area (Å²) in [5.74, 6) is 0.907. The van der Waals surface area contributed by atoms with E-state index in [0.717, 1.165) is 39.4 Å². The molecule has 2 heterocycles. The lowest BCUT2D eigenvalue weighted by atomic mass is 10.3. The molecule has 0 aliphatic carbocycles. The first-order chi connectivity index (χ1) is 13.4. The first-order valence-corrected chi connectivity index (χ1v) is 9.28. The number of alkyl halides is 3. The van der Waals surface area contributed by atoms with Crippen molar-refractivity contribution in [2.24, 2.45) is 0 Å². The van der Waals surface area contributed by atoms with E-state index in [1.54, 1.807) is 6.07 Å². The van der Waals surface area contributed by atoms with Crippen LogP contribution >= 0.6 is 16.1 Å². The molecule has 0 bridgehead atoms. The zero-order valence-electron chi connectivity index (χ0n) is 14.8. The Morgan fingerprint density at radius 2 is 1.89 bits per heavy atom. The van der Waals surface area contributed by atoms with Gasteiger partial charge in [-0.1, -0.05) is 0 Å². The molecule has 3 rings (SSSR count). The van der Waals surface area contributed by atoms with Gasteiger partial charge in [-0.15, -0.1) is 13.2 Å². The van der Waals surface area contributed by atoms with E-state index in [1.807, 2.05) is 3.93 Å². The molecule has 1 aromatic heterocycles. The third-order valence-corrected chi connectivity index (χ3v) is 4.70. The molecule has 152 valence electrons. The summed E-state index contributed by atoms with van der Waals surface area (Å²) < 4.78 is 47.7. The van der Waals surface area contributed by atoms with Crippen LogP contribution in [0.4, 0.5) is 30.5 Å². The molecule has 0 amide bonds. The van der Waals surface area contributed by atoms with Crippen LogP contribution in [-0.2, 0) is 4.74 Å². The van der Waals surface area contributed by atoms with Crippen molar-refractivity contribution in [2.75, 3.05) is 48.6 Å². The average Bonchev–Trinajstić information content (AvgIpc) is 2.67. The number of nitrogens with one attached hydrogen (secondary N) is 1. The molecule has 1 fully saturated rings. The molecular formula is C17H19BrF3N5O2. The second-order valence-electron chi connectivity index (χ2n) is 6.00. The van der Waals surface area contributed by atoms with Gasteiger partial charge in [-0.05, 0) is 24.3 Å². The van der Waals surface area contributed by atoms with Crippen molar-refractivity contribution >= 4 is 33.5 Å². The molecule has 1 aliphatic rings. The first kappa shape index (κ1) is 20.6. The summed E-state index contributed by atoms with van der Waals surface area (Å²) in [6.07, 6.45) is -3.29. The van der Waals surface area contributed by atoms with Crippen molar-refractivity contribution < 1.29 is 22.6 Å². The molecule has 0 spiro atoms. The summed E-state index contributed by atoms with van der Waals surface area (Å²) in [7, 11) is 0. The summed E-state index contributed by atoms with van der Waals surface area (Å²) in [5, 5.41) is 3.03. The molecule has 7 nitrogen and oxygen atoms in total. The van der Waals surface area contributed by atoms with E-state index >= 15 is 0 Å². The number of halogens is 4. The number of rotatable bonds is 7. The molecule has 1 aliphatic heterocycles. The quantitative estimate of drug-likeness (QED) is 0.632. The predicted octanol–water partition coefficient (Wildman–Crippen LogP) is 3.57. The fraction of sp³-hybridized carbons (Fsp3) is 0.412. The lowest BCUT2D eigenvalue weighted by molar-refractivity contribution is -0.274. The maximum Gasteiger partial charge on any atom is 0.573 e. The second-order valence-corrected chi connectivity index (χ2v) is 6.85. The Labute approximate surface area is 168 Å². The minimum absolute atomic E-state index is 0.281. The van der Waals surface area contributed by atoms with E-state index in [4.69, 9.17) is 4.74 Å². The van der Waals surface area contributed by atoms with Crippen molar-refractivity contribution in [1.29, 1.82) is 0 Å². The first-order valence-electron chi connectivity index (χ1n) is 8.57. The van der Waals surface area contributed by atoms with Gasteiger partial charge in [-0.2, -0.15) is 0 Å². The maximum absolute atomic E-state index is 12.2. The Morgan fingerprint density at radius 1 is 1.18 bits per heavy atom. The maximum atomic E-state index is 12.2. The lowest BCUT2D eigenvalue weighted by Gasteiger charge is -2.28. The molecular weight excluding hydrogens is 443 g/mol. The van der Waals surface area contributed by atoms with Gasteiger partial charge in [0.15, 0.2) is 0 Å². The molecule has 2 aromatic rings. The second kappa shape index (κ2) is 9.39. The van der Waals surface area contributed by atoms with E-state index < -0.39 is 6.36 Å². The molecule has 1 saturated heterocycles. The van der Waals surface area contributed by atoms with Crippen molar-refractivity contribution in [3.63, 3.8) is 0 Å². The van der Waals surface area contributed by atoms with Gasteiger partial charge in [0.1, 0.15) is 23.7 Å². The number of anilines is 3. The van der Waals surface area contributed by atoms with E-state index in [1.165, 1.54) is 30.6 Å². The molecule has 0 unspecified atom stereocenters. The summed E-state index contributed by atoms with van der Waals surface area (Å²) in [6, 6.07) is 7.17. The number of nitrogens with zero attached hydrogens (tertiary/aromatic N) is 4. The van der Waals surface area contributed by atoms with Crippen molar-refractivity contribution in [1.82, 2.24) is 14.9 Å². The van der Waals surface area contributed by atoms with Crippen LogP contribution in [0.3, 0.4) is 0 Å². The van der Waals surface area contributed by atoms with E-state index in [2.05, 4.69) is 41.1 Å². The molecule has 1 N–H and O–H groups in total. The summed E-state index contributed by atoms with van der Waals surface area (Å²) in [6.45, 7) is 4.90. The number of benzene rings is 1. The van der Waals surface area contributed by atoms with Crippen LogP contribution in [-0.4, -0.2) is 60.6 Å². The van der Waals surface area contributed by atoms with E-state index in [-0.39, 0.29) is 5.75 Å². The minimum atomic E-state index is -4.71. The van der Waals surface area contributed by atoms with Crippen LogP contribution in [0.15, 0.2) is 36.7 Å². The highest BCUT2D eigenvalue weighted by atomic mass is 79.9. The highest BCUT2D eigenvalue weighted by Crippen LogP contribution is 2.25. The molecule has 0 saturated carbocycles. The lowest BCUT2D eigenvalue weighted by Crippen LogP contribution is -2.39. The number of hydrogen-bond donors (Lipinski definition) is 1. The van der Waals surface area contributed by atoms with Crippen LogP contribution in [0, 0.1) is 0 Å². The highest BCUT2D eigenvalue weighted by Gasteiger charge is 2.30. The van der Waals surface area contributed by atoms with Gasteiger partial charge in [0.2, 0.25) is 0 Å². The number of ether oxygens (including phenoxy) is 2. The van der Waals surface area contributed by atoms with E-state index in [0.29, 0.717) is 17.3 Å². The Hall–Kier alpha value is -2.11. The molecule has 11 heteroatoms. The zero-order valence-corrected chi connectivity index (χ0v) is 16.4. The molecule has 0 radical (unpaired) electrons. The molecule has 1 aromatic carbocycles. The van der Waals surface area contributed by atoms with Crippen LogP contribution in [0.5, 0.6) is 5.75 Å². The van der Waals surface area contributed by atoms with Crippen molar-refractivity contribution in [2.45, 2.75) is 6.36 Å². The Bertz CT molecular complexity index is 757. The Morgan fingerprint density at radius 3 is 2.57 bits per heavy atom. The van der Waals surface area contributed by atoms with Crippen LogP contribution in [0.25, 0.3) is 0 Å². The van der Waals surface area contributed by atoms with Crippen LogP contribution < -0.4 is 14.0 Å². The Kier molecular flexibility index (Phi) is 6.92. The highest BCUT2D eigenvalue weighted by molar-refractivity contribution is 9.10. The normalized spacial score (nSPS) is 15.3. The summed E-state index contributed by atoms with van der Waals surface area (Å²) in [5.41, 5.74) is 0.577. The number of morpholine rings is 1. The van der Waals surface area contributed by atoms with Gasteiger partial charge in [0.25, 0.3) is 0 Å². The van der Waals surface area contributed by atoms with Crippen molar-refractivity contribution in [3.8, 4) is 5.75 Å². The largest absolute Gasteiger partial charge is 0.573 e. The fourth-order valence-electron chi connectivity index (χ4n) is 2.60. The smallest absolute Gasteiger partial charge is 0.406 e. The molecule has 0 atom stereocenters. The zero-order chi connectivity index (χ0) is 20.0. The predicted molar refractivity (Wildman–Crippen MR) is 102 cm³/mol. The fourth-order valence-corrected chi connectivity index (χ4v) is 2.96. The molecule has 28 heavy (non-hydrogen) atoms. The topological polar surface area (TPSA) is 62.8 Å². The van der Waals surface area contributed by atoms with Gasteiger partial charge < -0.3 is 14.8 Å².